The molecule has 1 aromatic heterocycles. The molecule has 2 heterocycles. The van der Waals surface area contributed by atoms with Crippen LogP contribution in [0.5, 0.6) is 0 Å². The zero-order valence-electron chi connectivity index (χ0n) is 10.8. The smallest absolute Gasteiger partial charge is 0.180 e. The summed E-state index contributed by atoms with van der Waals surface area (Å²) in [4.78, 5) is 5.64. The zero-order valence-corrected chi connectivity index (χ0v) is 13.9. The number of aromatic nitrogens is 1. The van der Waals surface area contributed by atoms with E-state index in [0.717, 1.165) is 53.2 Å². The molecule has 1 aliphatic heterocycles. The molecule has 8 heteroatoms. The van der Waals surface area contributed by atoms with E-state index in [1.807, 2.05) is 0 Å². The van der Waals surface area contributed by atoms with Gasteiger partial charge in [0.2, 0.25) is 0 Å². The van der Waals surface area contributed by atoms with Crippen LogP contribution < -0.4 is 5.73 Å². The van der Waals surface area contributed by atoms with E-state index in [-0.39, 0.29) is 5.92 Å². The molecule has 0 saturated carbocycles. The van der Waals surface area contributed by atoms with Crippen molar-refractivity contribution in [2.24, 2.45) is 8.73 Å². The molecule has 0 saturated heterocycles. The number of nitrogens with zero attached hydrogens (tertiary/aromatic N) is 3. The highest BCUT2D eigenvalue weighted by molar-refractivity contribution is 7.58. The molecule has 108 valence electrons. The number of rotatable bonds is 1. The van der Waals surface area contributed by atoms with Gasteiger partial charge < -0.3 is 5.73 Å². The predicted molar refractivity (Wildman–Crippen MR) is 89.3 cm³/mol. The van der Waals surface area contributed by atoms with Crippen molar-refractivity contribution in [3.05, 3.63) is 32.2 Å². The first kappa shape index (κ1) is 13.7. The molecule has 0 bridgehead atoms. The number of aryl methyl sites for hydroxylation is 1. The van der Waals surface area contributed by atoms with Crippen LogP contribution in [-0.4, -0.2) is 4.98 Å². The molecule has 4 nitrogen and oxygen atoms in total. The molecule has 2 aliphatic rings. The molecule has 0 spiro atoms. The van der Waals surface area contributed by atoms with Gasteiger partial charge in [-0.25, -0.2) is 4.98 Å². The second-order valence-electron chi connectivity index (χ2n) is 5.02. The highest BCUT2D eigenvalue weighted by Crippen LogP contribution is 2.52. The Kier molecular flexibility index (Phi) is 3.29. The van der Waals surface area contributed by atoms with Gasteiger partial charge in [-0.1, -0.05) is 23.2 Å². The SMILES string of the molecule is Nc1nc2c(s1)C(c1c(Cl)cc(Cl)c3c1N=S=N3)CCC2. The largest absolute Gasteiger partial charge is 0.375 e. The van der Waals surface area contributed by atoms with Crippen molar-refractivity contribution in [3.63, 3.8) is 0 Å². The average molecular weight is 357 g/mol. The van der Waals surface area contributed by atoms with Crippen molar-refractivity contribution in [1.29, 1.82) is 0 Å². The molecule has 1 aliphatic carbocycles. The first-order chi connectivity index (χ1) is 10.1. The maximum Gasteiger partial charge on any atom is 0.180 e. The summed E-state index contributed by atoms with van der Waals surface area (Å²) in [5.74, 6) is 0.180. The Balaban J connectivity index is 1.93. The molecule has 0 fully saturated rings. The fourth-order valence-corrected chi connectivity index (χ4v) is 5.21. The summed E-state index contributed by atoms with van der Waals surface area (Å²) in [7, 11) is 0. The molecule has 2 aromatic rings. The van der Waals surface area contributed by atoms with E-state index in [0.29, 0.717) is 15.2 Å². The Hall–Kier alpha value is -0.950. The summed E-state index contributed by atoms with van der Waals surface area (Å²) in [6, 6.07) is 1.76. The van der Waals surface area contributed by atoms with Gasteiger partial charge in [-0.15, -0.1) is 11.3 Å². The van der Waals surface area contributed by atoms with Crippen LogP contribution in [0.4, 0.5) is 16.5 Å². The standard InChI is InChI=1S/C13H10Cl2N4S2/c14-6-4-7(15)10-11(19-21-18-10)9(6)5-2-1-3-8-12(5)20-13(16)17-8/h4-5H,1-3H2,(H2,16,17). The third-order valence-corrected chi connectivity index (χ3v) is 5.97. The minimum Gasteiger partial charge on any atom is -0.375 e. The second-order valence-corrected chi connectivity index (χ2v) is 7.43. The van der Waals surface area contributed by atoms with Gasteiger partial charge in [0.25, 0.3) is 0 Å². The highest BCUT2D eigenvalue weighted by atomic mass is 35.5. The van der Waals surface area contributed by atoms with Crippen LogP contribution >= 0.6 is 34.5 Å². The predicted octanol–water partition coefficient (Wildman–Crippen LogP) is 5.23. The quantitative estimate of drug-likeness (QED) is 0.648. The topological polar surface area (TPSA) is 63.6 Å². The molecule has 4 rings (SSSR count). The normalized spacial score (nSPS) is 19.2. The molecule has 0 amide bonds. The lowest BCUT2D eigenvalue weighted by atomic mass is 9.85. The van der Waals surface area contributed by atoms with Gasteiger partial charge in [0.05, 0.1) is 22.1 Å². The Morgan fingerprint density at radius 2 is 2.00 bits per heavy atom. The number of halogens is 2. The third kappa shape index (κ3) is 2.12. The Labute approximate surface area is 139 Å². The first-order valence-corrected chi connectivity index (χ1v) is 8.80. The van der Waals surface area contributed by atoms with Crippen LogP contribution in [-0.2, 0) is 17.8 Å². The number of anilines is 1. The Morgan fingerprint density at radius 3 is 2.86 bits per heavy atom. The van der Waals surface area contributed by atoms with Gasteiger partial charge >= 0.3 is 0 Å². The van der Waals surface area contributed by atoms with E-state index in [1.54, 1.807) is 17.4 Å². The highest BCUT2D eigenvalue weighted by Gasteiger charge is 2.31. The molecule has 0 radical (unpaired) electrons. The number of thiazole rings is 1. The van der Waals surface area contributed by atoms with E-state index >= 15 is 0 Å². The number of nitrogens with two attached hydrogens (primary N) is 1. The Morgan fingerprint density at radius 1 is 1.19 bits per heavy atom. The van der Waals surface area contributed by atoms with Crippen molar-refractivity contribution in [1.82, 2.24) is 4.98 Å². The molecule has 1 aromatic carbocycles. The summed E-state index contributed by atoms with van der Waals surface area (Å²) in [5.41, 5.74) is 9.52. The van der Waals surface area contributed by atoms with E-state index in [9.17, 15) is 0 Å². The number of fused-ring (bicyclic) bond motifs is 2. The van der Waals surface area contributed by atoms with Crippen molar-refractivity contribution in [3.8, 4) is 0 Å². The van der Waals surface area contributed by atoms with Crippen molar-refractivity contribution in [2.45, 2.75) is 25.2 Å². The fraction of sp³-hybridized carbons (Fsp3) is 0.308. The summed E-state index contributed by atoms with van der Waals surface area (Å²) in [6.45, 7) is 0. The summed E-state index contributed by atoms with van der Waals surface area (Å²) in [5, 5.41) is 1.81. The van der Waals surface area contributed by atoms with E-state index < -0.39 is 0 Å². The maximum absolute atomic E-state index is 6.48. The van der Waals surface area contributed by atoms with Gasteiger partial charge in [0.1, 0.15) is 11.4 Å². The minimum absolute atomic E-state index is 0.180. The monoisotopic (exact) mass is 356 g/mol. The van der Waals surface area contributed by atoms with E-state index in [2.05, 4.69) is 13.7 Å². The minimum atomic E-state index is 0.180. The van der Waals surface area contributed by atoms with Crippen LogP contribution in [0.3, 0.4) is 0 Å². The molecule has 1 unspecified atom stereocenters. The van der Waals surface area contributed by atoms with Gasteiger partial charge in [0, 0.05) is 21.4 Å². The fourth-order valence-electron chi connectivity index (χ4n) is 2.94. The number of hydrogen-bond donors (Lipinski definition) is 1. The van der Waals surface area contributed by atoms with Crippen LogP contribution in [0.1, 0.15) is 34.9 Å². The number of hydrogen-bond acceptors (Lipinski definition) is 5. The van der Waals surface area contributed by atoms with Gasteiger partial charge in [-0.2, -0.15) is 8.73 Å². The van der Waals surface area contributed by atoms with Crippen LogP contribution in [0.25, 0.3) is 0 Å². The molecule has 2 N–H and O–H groups in total. The van der Waals surface area contributed by atoms with Gasteiger partial charge in [0.15, 0.2) is 5.13 Å². The maximum atomic E-state index is 6.48. The van der Waals surface area contributed by atoms with Gasteiger partial charge in [-0.05, 0) is 25.3 Å². The van der Waals surface area contributed by atoms with Crippen LogP contribution in [0.2, 0.25) is 10.0 Å². The summed E-state index contributed by atoms with van der Waals surface area (Å²) < 4.78 is 8.69. The molecular formula is C13H10Cl2N4S2. The lowest BCUT2D eigenvalue weighted by molar-refractivity contribution is 0.618. The first-order valence-electron chi connectivity index (χ1n) is 6.50. The average Bonchev–Trinajstić information content (AvgIpc) is 3.04. The summed E-state index contributed by atoms with van der Waals surface area (Å²) >= 11 is 15.4. The zero-order chi connectivity index (χ0) is 14.6. The number of nitrogen functional groups attached to an aromatic ring is 1. The Bertz CT molecular complexity index is 824. The van der Waals surface area contributed by atoms with Crippen molar-refractivity contribution < 1.29 is 0 Å². The second kappa shape index (κ2) is 5.05. The van der Waals surface area contributed by atoms with Crippen LogP contribution in [0, 0.1) is 0 Å². The van der Waals surface area contributed by atoms with Crippen LogP contribution in [0.15, 0.2) is 14.8 Å². The molecule has 21 heavy (non-hydrogen) atoms. The number of benzene rings is 1. The molecular weight excluding hydrogens is 347 g/mol. The van der Waals surface area contributed by atoms with Crippen molar-refractivity contribution >= 4 is 62.4 Å². The lowest BCUT2D eigenvalue weighted by Gasteiger charge is -2.23. The van der Waals surface area contributed by atoms with Gasteiger partial charge in [-0.3, -0.25) is 0 Å². The summed E-state index contributed by atoms with van der Waals surface area (Å²) in [6.07, 6.45) is 3.06. The lowest BCUT2D eigenvalue weighted by Crippen LogP contribution is -2.09. The van der Waals surface area contributed by atoms with Crippen molar-refractivity contribution in [2.75, 3.05) is 5.73 Å². The van der Waals surface area contributed by atoms with E-state index in [4.69, 9.17) is 28.9 Å². The van der Waals surface area contributed by atoms with E-state index in [1.165, 1.54) is 4.88 Å². The molecule has 1 atom stereocenters. The third-order valence-electron chi connectivity index (χ3n) is 3.80.